The van der Waals surface area contributed by atoms with Crippen molar-refractivity contribution in [3.63, 3.8) is 0 Å². The summed E-state index contributed by atoms with van der Waals surface area (Å²) in [6.45, 7) is 0.263. The topological polar surface area (TPSA) is 117 Å². The van der Waals surface area contributed by atoms with E-state index in [9.17, 15) is 9.59 Å². The van der Waals surface area contributed by atoms with E-state index in [1.807, 2.05) is 0 Å². The fraction of sp³-hybridized carbons (Fsp3) is 0.154. The second-order valence-corrected chi connectivity index (χ2v) is 5.69. The van der Waals surface area contributed by atoms with Crippen molar-refractivity contribution < 1.29 is 14.7 Å². The lowest BCUT2D eigenvalue weighted by atomic mass is 10.1. The van der Waals surface area contributed by atoms with Gasteiger partial charge in [0.1, 0.15) is 5.69 Å². The van der Waals surface area contributed by atoms with E-state index in [1.165, 1.54) is 11.3 Å². The molecule has 0 saturated carbocycles. The zero-order chi connectivity index (χ0) is 16.1. The van der Waals surface area contributed by atoms with Gasteiger partial charge in [-0.3, -0.25) is 4.79 Å². The fourth-order valence-corrected chi connectivity index (χ4v) is 2.68. The predicted molar refractivity (Wildman–Crippen MR) is 85.3 cm³/mol. The van der Waals surface area contributed by atoms with Gasteiger partial charge in [-0.15, -0.1) is 0 Å². The molecule has 0 aliphatic heterocycles. The molecule has 1 aromatic carbocycles. The van der Waals surface area contributed by atoms with Crippen LogP contribution in [-0.2, 0) is 0 Å². The van der Waals surface area contributed by atoms with Crippen LogP contribution in [0, 0.1) is 0 Å². The number of benzene rings is 1. The molecule has 22 heavy (non-hydrogen) atoms. The van der Waals surface area contributed by atoms with Crippen molar-refractivity contribution in [2.75, 3.05) is 18.8 Å². The van der Waals surface area contributed by atoms with Gasteiger partial charge < -0.3 is 21.5 Å². The minimum Gasteiger partial charge on any atom is -0.465 e. The van der Waals surface area contributed by atoms with E-state index in [-0.39, 0.29) is 23.9 Å². The summed E-state index contributed by atoms with van der Waals surface area (Å²) in [5.74, 6) is -0.412. The lowest BCUT2D eigenvalue weighted by molar-refractivity contribution is 0.0949. The van der Waals surface area contributed by atoms with Crippen LogP contribution in [0.5, 0.6) is 0 Å². The van der Waals surface area contributed by atoms with Crippen LogP contribution >= 0.6 is 22.9 Å². The van der Waals surface area contributed by atoms with E-state index in [0.29, 0.717) is 9.90 Å². The van der Waals surface area contributed by atoms with Crippen molar-refractivity contribution in [3.8, 4) is 10.4 Å². The Morgan fingerprint density at radius 1 is 1.23 bits per heavy atom. The third kappa shape index (κ3) is 4.09. The summed E-state index contributed by atoms with van der Waals surface area (Å²) >= 11 is 7.04. The number of amides is 2. The van der Waals surface area contributed by atoms with Gasteiger partial charge in [-0.05, 0) is 17.7 Å². The quantitative estimate of drug-likeness (QED) is 0.621. The van der Waals surface area contributed by atoms with Crippen LogP contribution in [0.1, 0.15) is 10.5 Å². The Labute approximate surface area is 135 Å². The molecule has 0 aliphatic carbocycles. The van der Waals surface area contributed by atoms with Crippen molar-refractivity contribution in [2.45, 2.75) is 0 Å². The molecule has 116 valence electrons. The van der Waals surface area contributed by atoms with Gasteiger partial charge >= 0.3 is 6.09 Å². The molecule has 7 nitrogen and oxygen atoms in total. The molecule has 0 saturated heterocycles. The molecular formula is C13H13ClN4O3S. The number of carbonyl (C=O) groups is 2. The van der Waals surface area contributed by atoms with Crippen LogP contribution in [0.25, 0.3) is 10.4 Å². The SMILES string of the molecule is Nc1nc(C(=O)NCCNC(=O)O)c(-c2ccc(Cl)cc2)s1. The molecule has 2 rings (SSSR count). The summed E-state index contributed by atoms with van der Waals surface area (Å²) in [4.78, 5) is 27.1. The highest BCUT2D eigenvalue weighted by molar-refractivity contribution is 7.19. The van der Waals surface area contributed by atoms with Gasteiger partial charge in [0.15, 0.2) is 5.13 Å². The van der Waals surface area contributed by atoms with Crippen LogP contribution in [-0.4, -0.2) is 35.2 Å². The van der Waals surface area contributed by atoms with Crippen LogP contribution in [0.15, 0.2) is 24.3 Å². The first-order chi connectivity index (χ1) is 10.5. The summed E-state index contributed by atoms with van der Waals surface area (Å²) in [5, 5.41) is 14.1. The van der Waals surface area contributed by atoms with E-state index in [4.69, 9.17) is 22.4 Å². The number of aromatic nitrogens is 1. The van der Waals surface area contributed by atoms with Crippen molar-refractivity contribution >= 4 is 40.1 Å². The number of hydrogen-bond acceptors (Lipinski definition) is 5. The summed E-state index contributed by atoms with van der Waals surface area (Å²) in [7, 11) is 0. The van der Waals surface area contributed by atoms with Gasteiger partial charge in [-0.2, -0.15) is 0 Å². The summed E-state index contributed by atoms with van der Waals surface area (Å²) < 4.78 is 0. The lowest BCUT2D eigenvalue weighted by Crippen LogP contribution is -2.34. The van der Waals surface area contributed by atoms with Crippen molar-refractivity contribution in [1.82, 2.24) is 15.6 Å². The third-order valence-corrected chi connectivity index (χ3v) is 3.84. The monoisotopic (exact) mass is 340 g/mol. The zero-order valence-electron chi connectivity index (χ0n) is 11.3. The molecule has 2 amide bonds. The van der Waals surface area contributed by atoms with Crippen LogP contribution in [0.2, 0.25) is 5.02 Å². The highest BCUT2D eigenvalue weighted by Crippen LogP contribution is 2.32. The summed E-state index contributed by atoms with van der Waals surface area (Å²) in [6, 6.07) is 6.98. The molecular weight excluding hydrogens is 328 g/mol. The molecule has 5 N–H and O–H groups in total. The molecule has 0 radical (unpaired) electrons. The Balaban J connectivity index is 2.12. The molecule has 1 aromatic heterocycles. The van der Waals surface area contributed by atoms with Gasteiger partial charge in [-0.25, -0.2) is 9.78 Å². The zero-order valence-corrected chi connectivity index (χ0v) is 12.9. The number of anilines is 1. The number of nitrogens with two attached hydrogens (primary N) is 1. The van der Waals surface area contributed by atoms with Crippen LogP contribution in [0.4, 0.5) is 9.93 Å². The highest BCUT2D eigenvalue weighted by Gasteiger charge is 2.18. The molecule has 0 bridgehead atoms. The molecule has 0 atom stereocenters. The smallest absolute Gasteiger partial charge is 0.404 e. The summed E-state index contributed by atoms with van der Waals surface area (Å²) in [5.41, 5.74) is 6.68. The minimum absolute atomic E-state index is 0.108. The number of carbonyl (C=O) groups excluding carboxylic acids is 1. The molecule has 9 heteroatoms. The maximum Gasteiger partial charge on any atom is 0.404 e. The third-order valence-electron chi connectivity index (χ3n) is 2.65. The normalized spacial score (nSPS) is 10.2. The molecule has 0 fully saturated rings. The molecule has 0 spiro atoms. The molecule has 1 heterocycles. The standard InChI is InChI=1S/C13H13ClN4O3S/c14-8-3-1-7(2-4-8)10-9(18-12(15)22-10)11(19)16-5-6-17-13(20)21/h1-4,17H,5-6H2,(H2,15,18)(H,16,19)(H,20,21). The van der Waals surface area contributed by atoms with Crippen LogP contribution in [0.3, 0.4) is 0 Å². The Bertz CT molecular complexity index is 687. The average molecular weight is 341 g/mol. The number of nitrogen functional groups attached to an aromatic ring is 1. The Morgan fingerprint density at radius 2 is 1.86 bits per heavy atom. The van der Waals surface area contributed by atoms with Gasteiger partial charge in [-0.1, -0.05) is 35.1 Å². The van der Waals surface area contributed by atoms with Crippen LogP contribution < -0.4 is 16.4 Å². The van der Waals surface area contributed by atoms with Gasteiger partial charge in [0, 0.05) is 18.1 Å². The average Bonchev–Trinajstić information content (AvgIpc) is 2.86. The first-order valence-corrected chi connectivity index (χ1v) is 7.44. The fourth-order valence-electron chi connectivity index (χ4n) is 1.72. The van der Waals surface area contributed by atoms with Gasteiger partial charge in [0.05, 0.1) is 4.88 Å². The lowest BCUT2D eigenvalue weighted by Gasteiger charge is -2.05. The molecule has 0 aliphatic rings. The number of nitrogens with one attached hydrogen (secondary N) is 2. The Hall–Kier alpha value is -2.32. The number of halogens is 1. The van der Waals surface area contributed by atoms with Crippen molar-refractivity contribution in [2.24, 2.45) is 0 Å². The van der Waals surface area contributed by atoms with Gasteiger partial charge in [0.25, 0.3) is 5.91 Å². The Kier molecular flexibility index (Phi) is 5.18. The second-order valence-electron chi connectivity index (χ2n) is 4.22. The maximum atomic E-state index is 12.1. The van der Waals surface area contributed by atoms with E-state index in [1.54, 1.807) is 24.3 Å². The van der Waals surface area contributed by atoms with E-state index in [0.717, 1.165) is 5.56 Å². The summed E-state index contributed by atoms with van der Waals surface area (Å²) in [6.07, 6.45) is -1.14. The molecule has 2 aromatic rings. The largest absolute Gasteiger partial charge is 0.465 e. The number of thiazole rings is 1. The van der Waals surface area contributed by atoms with Crippen molar-refractivity contribution in [3.05, 3.63) is 35.0 Å². The predicted octanol–water partition coefficient (Wildman–Crippen LogP) is 2.04. The molecule has 0 unspecified atom stereocenters. The minimum atomic E-state index is -1.14. The Morgan fingerprint density at radius 3 is 2.50 bits per heavy atom. The van der Waals surface area contributed by atoms with Gasteiger partial charge in [0.2, 0.25) is 0 Å². The highest BCUT2D eigenvalue weighted by atomic mass is 35.5. The van der Waals surface area contributed by atoms with Crippen molar-refractivity contribution in [1.29, 1.82) is 0 Å². The number of carboxylic acid groups (broad SMARTS) is 1. The van der Waals surface area contributed by atoms with E-state index >= 15 is 0 Å². The number of hydrogen-bond donors (Lipinski definition) is 4. The second kappa shape index (κ2) is 7.10. The maximum absolute atomic E-state index is 12.1. The first-order valence-electron chi connectivity index (χ1n) is 6.24. The van der Waals surface area contributed by atoms with E-state index in [2.05, 4.69) is 15.6 Å². The number of nitrogens with zero attached hydrogens (tertiary/aromatic N) is 1. The van der Waals surface area contributed by atoms with E-state index < -0.39 is 12.0 Å². The number of rotatable bonds is 5. The first kappa shape index (κ1) is 16.1.